The van der Waals surface area contributed by atoms with E-state index < -0.39 is 24.2 Å². The average molecular weight is 486 g/mol. The van der Waals surface area contributed by atoms with Gasteiger partial charge in [0, 0.05) is 11.8 Å². The zero-order valence-electron chi connectivity index (χ0n) is 19.8. The Morgan fingerprint density at radius 3 is 2.26 bits per heavy atom. The zero-order chi connectivity index (χ0) is 25.6. The smallest absolute Gasteiger partial charge is 0.408 e. The molecule has 1 unspecified atom stereocenters. The van der Waals surface area contributed by atoms with Crippen molar-refractivity contribution in [1.29, 1.82) is 0 Å². The quantitative estimate of drug-likeness (QED) is 0.377. The second-order valence-corrected chi connectivity index (χ2v) is 8.89. The van der Waals surface area contributed by atoms with E-state index in [2.05, 4.69) is 10.4 Å². The molecule has 0 aliphatic heterocycles. The summed E-state index contributed by atoms with van der Waals surface area (Å²) in [5.41, 5.74) is 0.419. The summed E-state index contributed by atoms with van der Waals surface area (Å²) in [4.78, 5) is 25.4. The van der Waals surface area contributed by atoms with Gasteiger partial charge in [-0.05, 0) is 34.9 Å². The predicted molar refractivity (Wildman–Crippen MR) is 127 cm³/mol. The van der Waals surface area contributed by atoms with E-state index in [1.54, 1.807) is 36.4 Å². The Balaban J connectivity index is 1.90. The van der Waals surface area contributed by atoms with Crippen LogP contribution in [0.2, 0.25) is 0 Å². The van der Waals surface area contributed by atoms with Gasteiger partial charge >= 0.3 is 18.6 Å². The molecule has 186 valence electrons. The van der Waals surface area contributed by atoms with Gasteiger partial charge in [-0.25, -0.2) is 14.3 Å². The minimum absolute atomic E-state index is 0.00479. The molecule has 0 radical (unpaired) electrons. The molecule has 0 spiro atoms. The molecular weight excluding hydrogens is 456 g/mol. The van der Waals surface area contributed by atoms with Gasteiger partial charge in [0.1, 0.15) is 6.61 Å². The number of aromatic nitrogens is 2. The van der Waals surface area contributed by atoms with E-state index in [0.717, 1.165) is 5.56 Å². The van der Waals surface area contributed by atoms with Gasteiger partial charge in [-0.15, -0.1) is 0 Å². The highest BCUT2D eigenvalue weighted by atomic mass is 19.3. The molecule has 9 heteroatoms. The number of carboxylic acids is 1. The summed E-state index contributed by atoms with van der Waals surface area (Å²) in [6.45, 7) is 3.12. The Hall–Kier alpha value is -3.75. The number of alkyl carbamates (subject to hydrolysis) is 1. The summed E-state index contributed by atoms with van der Waals surface area (Å²) < 4.78 is 31.6. The molecule has 0 saturated heterocycles. The molecule has 0 aliphatic rings. The van der Waals surface area contributed by atoms with Crippen LogP contribution < -0.4 is 5.32 Å². The van der Waals surface area contributed by atoms with Crippen LogP contribution in [0, 0.1) is 11.8 Å². The van der Waals surface area contributed by atoms with Crippen molar-refractivity contribution in [2.24, 2.45) is 11.8 Å². The molecule has 2 N–H and O–H groups in total. The molecule has 1 aromatic heterocycles. The van der Waals surface area contributed by atoms with Crippen LogP contribution in [0.3, 0.4) is 0 Å². The number of hydrogen-bond donors (Lipinski definition) is 2. The van der Waals surface area contributed by atoms with E-state index in [9.17, 15) is 23.5 Å². The van der Waals surface area contributed by atoms with Crippen molar-refractivity contribution < 1.29 is 28.2 Å². The molecule has 2 aromatic carbocycles. The molecule has 0 aliphatic carbocycles. The summed E-state index contributed by atoms with van der Waals surface area (Å²) in [5.74, 6) is -1.11. The highest BCUT2D eigenvalue weighted by Gasteiger charge is 2.44. The van der Waals surface area contributed by atoms with E-state index in [1.165, 1.54) is 12.4 Å². The number of carboxylic acid groups (broad SMARTS) is 1. The van der Waals surface area contributed by atoms with Crippen molar-refractivity contribution in [3.05, 3.63) is 78.1 Å². The van der Waals surface area contributed by atoms with Gasteiger partial charge in [0.05, 0.1) is 6.20 Å². The standard InChI is InChI=1S/C26H29F2N3O4/c1-17(2)18(3)13-26(23(32)33,30-25(34)35-16-19-7-5-4-6-8-19)22-11-9-20(10-12-22)21-14-29-31(15-21)24(27)28/h4-12,14-15,17-18,24H,13,16H2,1-3H3,(H,30,34)(H,32,33)/t18?,26-/m1/s1. The number of carbonyl (C=O) groups is 2. The molecular formula is C26H29F2N3O4. The van der Waals surface area contributed by atoms with Crippen LogP contribution in [-0.2, 0) is 21.7 Å². The van der Waals surface area contributed by atoms with Gasteiger partial charge in [-0.3, -0.25) is 0 Å². The van der Waals surface area contributed by atoms with Crippen molar-refractivity contribution in [3.8, 4) is 11.1 Å². The highest BCUT2D eigenvalue weighted by molar-refractivity contribution is 5.86. The van der Waals surface area contributed by atoms with E-state index in [1.807, 2.05) is 39.0 Å². The Labute approximate surface area is 202 Å². The number of halogens is 2. The van der Waals surface area contributed by atoms with Gasteiger partial charge in [0.25, 0.3) is 0 Å². The highest BCUT2D eigenvalue weighted by Crippen LogP contribution is 2.34. The lowest BCUT2D eigenvalue weighted by Gasteiger charge is -2.34. The first-order valence-corrected chi connectivity index (χ1v) is 11.3. The minimum Gasteiger partial charge on any atom is -0.479 e. The number of alkyl halides is 2. The normalized spacial score (nSPS) is 13.9. The van der Waals surface area contributed by atoms with Gasteiger partial charge in [0.15, 0.2) is 5.54 Å². The maximum atomic E-state index is 12.9. The average Bonchev–Trinajstić information content (AvgIpc) is 3.33. The number of carbonyl (C=O) groups excluding carboxylic acids is 1. The first-order chi connectivity index (χ1) is 16.6. The Morgan fingerprint density at radius 1 is 1.06 bits per heavy atom. The van der Waals surface area contributed by atoms with Gasteiger partial charge in [0.2, 0.25) is 0 Å². The molecule has 35 heavy (non-hydrogen) atoms. The van der Waals surface area contributed by atoms with Crippen molar-refractivity contribution >= 4 is 12.1 Å². The van der Waals surface area contributed by atoms with Crippen LogP contribution in [0.4, 0.5) is 13.6 Å². The molecule has 1 amide bonds. The Bertz CT molecular complexity index is 1130. The van der Waals surface area contributed by atoms with Crippen molar-refractivity contribution in [2.75, 3.05) is 0 Å². The molecule has 3 aromatic rings. The lowest BCUT2D eigenvalue weighted by molar-refractivity contribution is -0.146. The molecule has 2 atom stereocenters. The van der Waals surface area contributed by atoms with Crippen LogP contribution in [0.15, 0.2) is 67.0 Å². The van der Waals surface area contributed by atoms with E-state index in [-0.39, 0.29) is 24.9 Å². The third-order valence-electron chi connectivity index (χ3n) is 6.17. The number of hydrogen-bond acceptors (Lipinski definition) is 4. The van der Waals surface area contributed by atoms with E-state index in [4.69, 9.17) is 4.74 Å². The van der Waals surface area contributed by atoms with Crippen LogP contribution in [0.5, 0.6) is 0 Å². The van der Waals surface area contributed by atoms with Gasteiger partial charge in [-0.2, -0.15) is 13.9 Å². The van der Waals surface area contributed by atoms with Crippen molar-refractivity contribution in [1.82, 2.24) is 15.1 Å². The molecule has 0 saturated carbocycles. The fraction of sp³-hybridized carbons (Fsp3) is 0.346. The van der Waals surface area contributed by atoms with Crippen LogP contribution in [0.1, 0.15) is 44.9 Å². The summed E-state index contributed by atoms with van der Waals surface area (Å²) >= 11 is 0. The van der Waals surface area contributed by atoms with Crippen LogP contribution in [0.25, 0.3) is 11.1 Å². The van der Waals surface area contributed by atoms with Crippen LogP contribution in [-0.4, -0.2) is 26.9 Å². The number of nitrogens with zero attached hydrogens (tertiary/aromatic N) is 2. The van der Waals surface area contributed by atoms with Crippen molar-refractivity contribution in [2.45, 2.75) is 45.9 Å². The first kappa shape index (κ1) is 25.9. The number of aliphatic carboxylic acids is 1. The topological polar surface area (TPSA) is 93.4 Å². The van der Waals surface area contributed by atoms with Crippen molar-refractivity contribution in [3.63, 3.8) is 0 Å². The lowest BCUT2D eigenvalue weighted by atomic mass is 9.78. The Kier molecular flexibility index (Phi) is 8.22. The van der Waals surface area contributed by atoms with Crippen LogP contribution >= 0.6 is 0 Å². The fourth-order valence-electron chi connectivity index (χ4n) is 3.70. The number of ether oxygens (including phenoxy) is 1. The fourth-order valence-corrected chi connectivity index (χ4v) is 3.70. The second-order valence-electron chi connectivity index (χ2n) is 8.89. The number of nitrogens with one attached hydrogen (secondary N) is 1. The minimum atomic E-state index is -2.76. The SMILES string of the molecule is CC(C)C(C)C[C@](NC(=O)OCc1ccccc1)(C(=O)O)c1ccc(-c2cnn(C(F)F)c2)cc1. The zero-order valence-corrected chi connectivity index (χ0v) is 19.8. The Morgan fingerprint density at radius 2 is 1.71 bits per heavy atom. The van der Waals surface area contributed by atoms with E-state index in [0.29, 0.717) is 21.4 Å². The maximum Gasteiger partial charge on any atom is 0.408 e. The predicted octanol–water partition coefficient (Wildman–Crippen LogP) is 5.83. The molecule has 0 fully saturated rings. The number of rotatable bonds is 10. The summed E-state index contributed by atoms with van der Waals surface area (Å²) in [6.07, 6.45) is 1.80. The van der Waals surface area contributed by atoms with E-state index >= 15 is 0 Å². The summed E-state index contributed by atoms with van der Waals surface area (Å²) in [7, 11) is 0. The lowest BCUT2D eigenvalue weighted by Crippen LogP contribution is -2.53. The number of benzene rings is 2. The summed E-state index contributed by atoms with van der Waals surface area (Å²) in [6, 6.07) is 15.5. The molecule has 1 heterocycles. The third-order valence-corrected chi connectivity index (χ3v) is 6.17. The third kappa shape index (κ3) is 6.23. The first-order valence-electron chi connectivity index (χ1n) is 11.3. The molecule has 7 nitrogen and oxygen atoms in total. The summed E-state index contributed by atoms with van der Waals surface area (Å²) in [5, 5.41) is 16.6. The van der Waals surface area contributed by atoms with Gasteiger partial charge < -0.3 is 15.2 Å². The molecule has 3 rings (SSSR count). The number of amides is 1. The monoisotopic (exact) mass is 485 g/mol. The maximum absolute atomic E-state index is 12.9. The second kappa shape index (κ2) is 11.1. The molecule has 0 bridgehead atoms. The largest absolute Gasteiger partial charge is 0.479 e. The van der Waals surface area contributed by atoms with Gasteiger partial charge in [-0.1, -0.05) is 75.4 Å².